The van der Waals surface area contributed by atoms with Crippen molar-refractivity contribution in [3.8, 4) is 0 Å². The molecule has 0 aliphatic carbocycles. The molecule has 5 atom stereocenters. The van der Waals surface area contributed by atoms with Crippen LogP contribution in [-0.2, 0) is 24.0 Å². The van der Waals surface area contributed by atoms with E-state index in [1.54, 1.807) is 0 Å². The van der Waals surface area contributed by atoms with E-state index < -0.39 is 72.9 Å². The van der Waals surface area contributed by atoms with Crippen molar-refractivity contribution < 1.29 is 39.3 Å². The fraction of sp³-hybridized carbons (Fsp3) is 0.643. The molecule has 0 aromatic carbocycles. The number of hydrogen-bond acceptors (Lipinski definition) is 9. The number of carboxylic acid groups (broad SMARTS) is 1. The summed E-state index contributed by atoms with van der Waals surface area (Å²) >= 11 is 3.89. The number of primary amides is 1. The van der Waals surface area contributed by atoms with Crippen LogP contribution in [0.15, 0.2) is 0 Å². The summed E-state index contributed by atoms with van der Waals surface area (Å²) in [6.45, 7) is 0.299. The molecule has 0 bridgehead atoms. The van der Waals surface area contributed by atoms with Crippen LogP contribution in [0.5, 0.6) is 0 Å². The zero-order chi connectivity index (χ0) is 22.0. The molecule has 160 valence electrons. The number of amides is 4. The van der Waals surface area contributed by atoms with E-state index in [4.69, 9.17) is 16.6 Å². The third-order valence-corrected chi connectivity index (χ3v) is 3.80. The van der Waals surface area contributed by atoms with E-state index >= 15 is 0 Å². The van der Waals surface area contributed by atoms with E-state index in [9.17, 15) is 34.2 Å². The molecule has 0 heterocycles. The van der Waals surface area contributed by atoms with Gasteiger partial charge in [-0.2, -0.15) is 12.6 Å². The van der Waals surface area contributed by atoms with Crippen molar-refractivity contribution in [3.63, 3.8) is 0 Å². The summed E-state index contributed by atoms with van der Waals surface area (Å²) in [4.78, 5) is 57.9. The van der Waals surface area contributed by atoms with Gasteiger partial charge in [0.15, 0.2) is 6.04 Å². The monoisotopic (exact) mass is 423 g/mol. The van der Waals surface area contributed by atoms with Crippen molar-refractivity contribution in [3.05, 3.63) is 0 Å². The van der Waals surface area contributed by atoms with Gasteiger partial charge in [-0.3, -0.25) is 19.2 Å². The molecule has 10 N–H and O–H groups in total. The topological polar surface area (TPSA) is 234 Å². The minimum atomic E-state index is -1.62. The third-order valence-electron chi connectivity index (χ3n) is 3.44. The van der Waals surface area contributed by atoms with Crippen molar-refractivity contribution in [1.29, 1.82) is 0 Å². The van der Waals surface area contributed by atoms with E-state index in [0.717, 1.165) is 6.92 Å². The lowest BCUT2D eigenvalue weighted by Gasteiger charge is -2.24. The van der Waals surface area contributed by atoms with E-state index in [0.29, 0.717) is 0 Å². The Kier molecular flexibility index (Phi) is 11.1. The van der Waals surface area contributed by atoms with Crippen molar-refractivity contribution in [2.45, 2.75) is 43.6 Å². The zero-order valence-corrected chi connectivity index (χ0v) is 15.9. The number of carbonyl (C=O) groups is 5. The number of aliphatic hydroxyl groups excluding tert-OH is 2. The average molecular weight is 423 g/mol. The molecule has 4 amide bonds. The molecule has 14 heteroatoms. The van der Waals surface area contributed by atoms with Gasteiger partial charge in [-0.1, -0.05) is 0 Å². The van der Waals surface area contributed by atoms with Gasteiger partial charge in [-0.05, 0) is 6.92 Å². The first kappa shape index (κ1) is 25.6. The number of carbonyl (C=O) groups excluding carboxylic acids is 4. The molecule has 0 aliphatic heterocycles. The molecule has 0 radical (unpaired) electrons. The lowest BCUT2D eigenvalue weighted by molar-refractivity contribution is -0.145. The summed E-state index contributed by atoms with van der Waals surface area (Å²) in [6, 6.07) is -5.80. The lowest BCUT2D eigenvalue weighted by Crippen LogP contribution is -2.59. The predicted octanol–water partition coefficient (Wildman–Crippen LogP) is -4.97. The molecule has 0 rings (SSSR count). The number of hydrogen-bond donors (Lipinski definition) is 9. The molecule has 0 aliphatic rings. The van der Waals surface area contributed by atoms with Crippen LogP contribution in [0.3, 0.4) is 0 Å². The SMILES string of the molecule is CC(O)C(NC(=O)C(CS)NC(=O)C(CO)NC(=O)C(N)CC(N)=O)C(=O)O. The normalized spacial score (nSPS) is 16.0. The highest BCUT2D eigenvalue weighted by atomic mass is 32.1. The minimum Gasteiger partial charge on any atom is -0.480 e. The molecule has 0 aromatic heterocycles. The molecule has 28 heavy (non-hydrogen) atoms. The van der Waals surface area contributed by atoms with Crippen LogP contribution >= 0.6 is 12.6 Å². The number of nitrogens with two attached hydrogens (primary N) is 2. The number of thiol groups is 1. The first-order valence-electron chi connectivity index (χ1n) is 8.02. The number of nitrogens with one attached hydrogen (secondary N) is 3. The summed E-state index contributed by atoms with van der Waals surface area (Å²) in [7, 11) is 0. The summed E-state index contributed by atoms with van der Waals surface area (Å²) in [5.41, 5.74) is 10.3. The Balaban J connectivity index is 4.99. The number of rotatable bonds is 12. The molecule has 0 fully saturated rings. The van der Waals surface area contributed by atoms with Gasteiger partial charge in [-0.15, -0.1) is 0 Å². The standard InChI is InChI=1S/C14H25N5O8S/c1-5(21)10(14(26)27)19-13(25)8(4-28)18-12(24)7(3-20)17-11(23)6(15)2-9(16)22/h5-8,10,20-21,28H,2-4,15H2,1H3,(H2,16,22)(H,17,23)(H,18,24)(H,19,25)(H,26,27). The van der Waals surface area contributed by atoms with Gasteiger partial charge in [0.25, 0.3) is 0 Å². The third kappa shape index (κ3) is 8.51. The average Bonchev–Trinajstić information content (AvgIpc) is 2.59. The minimum absolute atomic E-state index is 0.253. The van der Waals surface area contributed by atoms with E-state index in [-0.39, 0.29) is 5.75 Å². The molecule has 0 saturated carbocycles. The van der Waals surface area contributed by atoms with Gasteiger partial charge in [0, 0.05) is 5.75 Å². The predicted molar refractivity (Wildman–Crippen MR) is 97.8 cm³/mol. The highest BCUT2D eigenvalue weighted by Gasteiger charge is 2.31. The van der Waals surface area contributed by atoms with Crippen LogP contribution in [0.4, 0.5) is 0 Å². The second-order valence-electron chi connectivity index (χ2n) is 5.83. The van der Waals surface area contributed by atoms with Gasteiger partial charge in [0.1, 0.15) is 12.1 Å². The van der Waals surface area contributed by atoms with Crippen LogP contribution in [0, 0.1) is 0 Å². The highest BCUT2D eigenvalue weighted by molar-refractivity contribution is 7.80. The summed E-state index contributed by atoms with van der Waals surface area (Å²) in [6.07, 6.45) is -1.89. The maximum atomic E-state index is 12.2. The van der Waals surface area contributed by atoms with E-state index in [2.05, 4.69) is 23.3 Å². The Labute approximate surface area is 165 Å². The maximum absolute atomic E-state index is 12.2. The Morgan fingerprint density at radius 1 is 1.00 bits per heavy atom. The van der Waals surface area contributed by atoms with Gasteiger partial charge in [0.2, 0.25) is 23.6 Å². The number of aliphatic hydroxyl groups is 2. The largest absolute Gasteiger partial charge is 0.480 e. The fourth-order valence-electron chi connectivity index (χ4n) is 1.89. The second kappa shape index (κ2) is 12.1. The van der Waals surface area contributed by atoms with Crippen LogP contribution in [0.2, 0.25) is 0 Å². The molecule has 0 saturated heterocycles. The Hall–Kier alpha value is -2.42. The molecule has 0 spiro atoms. The first-order valence-corrected chi connectivity index (χ1v) is 8.65. The Morgan fingerprint density at radius 3 is 1.89 bits per heavy atom. The molecule has 13 nitrogen and oxygen atoms in total. The molecule has 5 unspecified atom stereocenters. The smallest absolute Gasteiger partial charge is 0.328 e. The van der Waals surface area contributed by atoms with Crippen molar-refractivity contribution in [2.24, 2.45) is 11.5 Å². The fourth-order valence-corrected chi connectivity index (χ4v) is 2.15. The quantitative estimate of drug-likeness (QED) is 0.136. The van der Waals surface area contributed by atoms with Gasteiger partial charge in [0.05, 0.1) is 25.2 Å². The molecular formula is C14H25N5O8S. The van der Waals surface area contributed by atoms with Crippen molar-refractivity contribution in [1.82, 2.24) is 16.0 Å². The number of aliphatic carboxylic acids is 1. The first-order chi connectivity index (χ1) is 12.9. The van der Waals surface area contributed by atoms with Gasteiger partial charge < -0.3 is 42.7 Å². The Morgan fingerprint density at radius 2 is 1.50 bits per heavy atom. The zero-order valence-electron chi connectivity index (χ0n) is 15.0. The van der Waals surface area contributed by atoms with E-state index in [1.165, 1.54) is 0 Å². The number of carboxylic acids is 1. The van der Waals surface area contributed by atoms with Crippen molar-refractivity contribution >= 4 is 42.2 Å². The summed E-state index contributed by atoms with van der Waals surface area (Å²) in [5.74, 6) is -5.45. The lowest BCUT2D eigenvalue weighted by atomic mass is 10.1. The van der Waals surface area contributed by atoms with E-state index in [1.807, 2.05) is 5.32 Å². The van der Waals surface area contributed by atoms with Crippen LogP contribution in [-0.4, -0.2) is 87.5 Å². The van der Waals surface area contributed by atoms with Crippen LogP contribution in [0.25, 0.3) is 0 Å². The molecule has 0 aromatic rings. The Bertz CT molecular complexity index is 602. The summed E-state index contributed by atoms with van der Waals surface area (Å²) in [5, 5.41) is 33.9. The summed E-state index contributed by atoms with van der Waals surface area (Å²) < 4.78 is 0. The van der Waals surface area contributed by atoms with Gasteiger partial charge in [-0.25, -0.2) is 4.79 Å². The molecular weight excluding hydrogens is 398 g/mol. The second-order valence-corrected chi connectivity index (χ2v) is 6.19. The van der Waals surface area contributed by atoms with Crippen LogP contribution in [0.1, 0.15) is 13.3 Å². The highest BCUT2D eigenvalue weighted by Crippen LogP contribution is 1.98. The van der Waals surface area contributed by atoms with Crippen LogP contribution < -0.4 is 27.4 Å². The van der Waals surface area contributed by atoms with Crippen molar-refractivity contribution in [2.75, 3.05) is 12.4 Å². The maximum Gasteiger partial charge on any atom is 0.328 e. The van der Waals surface area contributed by atoms with Gasteiger partial charge >= 0.3 is 5.97 Å².